The van der Waals surface area contributed by atoms with Gasteiger partial charge < -0.3 is 19.9 Å². The van der Waals surface area contributed by atoms with Gasteiger partial charge in [0.1, 0.15) is 6.04 Å². The van der Waals surface area contributed by atoms with E-state index in [1.807, 2.05) is 0 Å². The Hall–Kier alpha value is -1.30. The maximum Gasteiger partial charge on any atom is 0.405 e. The van der Waals surface area contributed by atoms with E-state index in [2.05, 4.69) is 5.32 Å². The highest BCUT2D eigenvalue weighted by Crippen LogP contribution is 2.26. The first-order valence-electron chi connectivity index (χ1n) is 5.95. The summed E-state index contributed by atoms with van der Waals surface area (Å²) in [5, 5.41) is 10.9. The van der Waals surface area contributed by atoms with Crippen molar-refractivity contribution < 1.29 is 24.2 Å². The molecule has 1 amide bonds. The van der Waals surface area contributed by atoms with Gasteiger partial charge in [-0.05, 0) is 18.8 Å². The molecule has 6 nitrogen and oxygen atoms in total. The van der Waals surface area contributed by atoms with Crippen LogP contribution in [-0.4, -0.2) is 36.1 Å². The fourth-order valence-corrected chi connectivity index (χ4v) is 2.37. The summed E-state index contributed by atoms with van der Waals surface area (Å²) in [6.45, 7) is 0.537. The number of rotatable bonds is 4. The molecule has 2 N–H and O–H groups in total. The molecule has 0 aromatic carbocycles. The monoisotopic (exact) mass is 243 g/mol. The summed E-state index contributed by atoms with van der Waals surface area (Å²) in [6, 6.07) is -0.582. The number of ether oxygens (including phenoxy) is 2. The average molecular weight is 243 g/mol. The molecule has 2 fully saturated rings. The van der Waals surface area contributed by atoms with Crippen molar-refractivity contribution >= 4 is 12.1 Å². The van der Waals surface area contributed by atoms with Gasteiger partial charge in [-0.1, -0.05) is 12.8 Å². The molecule has 1 heterocycles. The van der Waals surface area contributed by atoms with E-state index in [4.69, 9.17) is 14.6 Å². The van der Waals surface area contributed by atoms with Crippen LogP contribution < -0.4 is 5.32 Å². The van der Waals surface area contributed by atoms with Gasteiger partial charge in [0.05, 0.1) is 13.0 Å². The van der Waals surface area contributed by atoms with Crippen LogP contribution in [0.4, 0.5) is 4.79 Å². The summed E-state index contributed by atoms with van der Waals surface area (Å²) in [4.78, 5) is 21.6. The predicted molar refractivity (Wildman–Crippen MR) is 57.4 cm³/mol. The van der Waals surface area contributed by atoms with Crippen LogP contribution in [0.3, 0.4) is 0 Å². The Labute approximate surface area is 99.3 Å². The zero-order valence-electron chi connectivity index (χ0n) is 9.55. The summed E-state index contributed by atoms with van der Waals surface area (Å²) < 4.78 is 10.4. The van der Waals surface area contributed by atoms with E-state index < -0.39 is 24.4 Å². The molecule has 0 bridgehead atoms. The van der Waals surface area contributed by atoms with Crippen molar-refractivity contribution in [1.29, 1.82) is 0 Å². The van der Waals surface area contributed by atoms with Gasteiger partial charge in [0.2, 0.25) is 6.29 Å². The second kappa shape index (κ2) is 5.35. The van der Waals surface area contributed by atoms with Crippen LogP contribution in [0.1, 0.15) is 32.1 Å². The molecule has 2 atom stereocenters. The van der Waals surface area contributed by atoms with E-state index in [0.29, 0.717) is 12.5 Å². The van der Waals surface area contributed by atoms with Gasteiger partial charge in [-0.25, -0.2) is 4.79 Å². The quantitative estimate of drug-likeness (QED) is 0.722. The lowest BCUT2D eigenvalue weighted by Gasteiger charge is -2.19. The molecule has 6 heteroatoms. The first kappa shape index (κ1) is 12.2. The van der Waals surface area contributed by atoms with Crippen LogP contribution in [0.2, 0.25) is 0 Å². The van der Waals surface area contributed by atoms with Crippen molar-refractivity contribution in [2.45, 2.75) is 44.4 Å². The normalized spacial score (nSPS) is 29.3. The van der Waals surface area contributed by atoms with Crippen molar-refractivity contribution in [3.05, 3.63) is 0 Å². The van der Waals surface area contributed by atoms with Gasteiger partial charge in [-0.3, -0.25) is 4.79 Å². The molecule has 0 spiro atoms. The lowest BCUT2D eigenvalue weighted by atomic mass is 10.1. The van der Waals surface area contributed by atoms with Crippen molar-refractivity contribution in [3.63, 3.8) is 0 Å². The lowest BCUT2D eigenvalue weighted by Crippen LogP contribution is -2.41. The Balaban J connectivity index is 1.80. The second-order valence-corrected chi connectivity index (χ2v) is 4.60. The van der Waals surface area contributed by atoms with Crippen LogP contribution in [0.5, 0.6) is 0 Å². The van der Waals surface area contributed by atoms with E-state index in [-0.39, 0.29) is 6.42 Å². The van der Waals surface area contributed by atoms with Crippen molar-refractivity contribution in [1.82, 2.24) is 5.32 Å². The Morgan fingerprint density at radius 1 is 1.47 bits per heavy atom. The number of cyclic esters (lactones) is 1. The second-order valence-electron chi connectivity index (χ2n) is 4.60. The van der Waals surface area contributed by atoms with E-state index >= 15 is 0 Å². The number of carboxylic acid groups (broad SMARTS) is 1. The fraction of sp³-hybridized carbons (Fsp3) is 0.818. The van der Waals surface area contributed by atoms with E-state index in [9.17, 15) is 9.59 Å². The number of esters is 1. The summed E-state index contributed by atoms with van der Waals surface area (Å²) in [5.41, 5.74) is 0. The van der Waals surface area contributed by atoms with Crippen molar-refractivity contribution in [3.8, 4) is 0 Å². The fourth-order valence-electron chi connectivity index (χ4n) is 2.37. The number of carbonyl (C=O) groups is 2. The Morgan fingerprint density at radius 2 is 2.18 bits per heavy atom. The molecule has 1 saturated heterocycles. The molecule has 17 heavy (non-hydrogen) atoms. The molecule has 1 saturated carbocycles. The number of hydrogen-bond donors (Lipinski definition) is 2. The minimum absolute atomic E-state index is 0.0433. The van der Waals surface area contributed by atoms with Crippen LogP contribution in [0, 0.1) is 5.92 Å². The zero-order valence-corrected chi connectivity index (χ0v) is 9.55. The molecule has 1 aliphatic heterocycles. The molecule has 0 aromatic rings. The van der Waals surface area contributed by atoms with E-state index in [0.717, 1.165) is 12.8 Å². The summed E-state index contributed by atoms with van der Waals surface area (Å²) in [7, 11) is 0. The topological polar surface area (TPSA) is 84.9 Å². The standard InChI is InChI=1S/C11H17NO5/c13-9-5-8(12-11(14)15)10(17-9)16-6-7-3-1-2-4-7/h7-8,10,12H,1-6H2,(H,14,15). The van der Waals surface area contributed by atoms with Gasteiger partial charge >= 0.3 is 12.1 Å². The largest absolute Gasteiger partial charge is 0.465 e. The highest BCUT2D eigenvalue weighted by molar-refractivity contribution is 5.74. The van der Waals surface area contributed by atoms with Gasteiger partial charge in [-0.15, -0.1) is 0 Å². The molecule has 96 valence electrons. The van der Waals surface area contributed by atoms with Gasteiger partial charge in [-0.2, -0.15) is 0 Å². The minimum atomic E-state index is -1.16. The highest BCUT2D eigenvalue weighted by Gasteiger charge is 2.37. The van der Waals surface area contributed by atoms with Gasteiger partial charge in [0.15, 0.2) is 0 Å². The Kier molecular flexibility index (Phi) is 3.83. The molecule has 0 radical (unpaired) electrons. The van der Waals surface area contributed by atoms with Crippen LogP contribution in [0.25, 0.3) is 0 Å². The Morgan fingerprint density at radius 3 is 2.82 bits per heavy atom. The smallest absolute Gasteiger partial charge is 0.405 e. The molecular formula is C11H17NO5. The number of nitrogens with one attached hydrogen (secondary N) is 1. The maximum absolute atomic E-state index is 11.1. The molecule has 2 rings (SSSR count). The van der Waals surface area contributed by atoms with E-state index in [1.165, 1.54) is 12.8 Å². The third kappa shape index (κ3) is 3.33. The molecule has 2 unspecified atom stereocenters. The van der Waals surface area contributed by atoms with Crippen molar-refractivity contribution in [2.24, 2.45) is 5.92 Å². The van der Waals surface area contributed by atoms with Crippen molar-refractivity contribution in [2.75, 3.05) is 6.61 Å². The molecule has 0 aromatic heterocycles. The summed E-state index contributed by atoms with van der Waals surface area (Å²) in [5.74, 6) is 0.0972. The van der Waals surface area contributed by atoms with E-state index in [1.54, 1.807) is 0 Å². The first-order valence-corrected chi connectivity index (χ1v) is 5.95. The highest BCUT2D eigenvalue weighted by atomic mass is 16.7. The SMILES string of the molecule is O=C(O)NC1CC(=O)OC1OCC1CCCC1. The summed E-state index contributed by atoms with van der Waals surface area (Å²) in [6.07, 6.45) is 2.82. The van der Waals surface area contributed by atoms with Crippen LogP contribution >= 0.6 is 0 Å². The number of carbonyl (C=O) groups excluding carboxylic acids is 1. The van der Waals surface area contributed by atoms with Gasteiger partial charge in [0.25, 0.3) is 0 Å². The summed E-state index contributed by atoms with van der Waals surface area (Å²) >= 11 is 0. The third-order valence-corrected chi connectivity index (χ3v) is 3.24. The number of amides is 1. The molecular weight excluding hydrogens is 226 g/mol. The van der Waals surface area contributed by atoms with Gasteiger partial charge in [0, 0.05) is 0 Å². The molecule has 2 aliphatic rings. The zero-order chi connectivity index (χ0) is 12.3. The molecule has 1 aliphatic carbocycles. The lowest BCUT2D eigenvalue weighted by molar-refractivity contribution is -0.166. The maximum atomic E-state index is 11.1. The minimum Gasteiger partial charge on any atom is -0.465 e. The first-order chi connectivity index (χ1) is 8.15. The van der Waals surface area contributed by atoms with Crippen LogP contribution in [-0.2, 0) is 14.3 Å². The Bertz CT molecular complexity index is 300. The average Bonchev–Trinajstić information content (AvgIpc) is 2.84. The third-order valence-electron chi connectivity index (χ3n) is 3.24. The predicted octanol–water partition coefficient (Wildman–Crippen LogP) is 1.10. The van der Waals surface area contributed by atoms with Crippen LogP contribution in [0.15, 0.2) is 0 Å². The number of hydrogen-bond acceptors (Lipinski definition) is 4.